The summed E-state index contributed by atoms with van der Waals surface area (Å²) < 4.78 is 47.3. The van der Waals surface area contributed by atoms with Crippen LogP contribution in [0.3, 0.4) is 0 Å². The number of carbonyl (C=O) groups excluding carboxylic acids is 1. The maximum Gasteiger partial charge on any atom is 0.333 e. The summed E-state index contributed by atoms with van der Waals surface area (Å²) in [6, 6.07) is 1.77. The van der Waals surface area contributed by atoms with Crippen molar-refractivity contribution in [2.75, 3.05) is 19.0 Å². The first-order valence-corrected chi connectivity index (χ1v) is 10.7. The lowest BCUT2D eigenvalue weighted by molar-refractivity contribution is 0.183. The topological polar surface area (TPSA) is 102 Å². The molecule has 0 aliphatic rings. The largest absolute Gasteiger partial charge is 0.383 e. The number of methoxy groups -OCH3 is 1. The van der Waals surface area contributed by atoms with Crippen molar-refractivity contribution in [1.82, 2.24) is 14.5 Å². The fourth-order valence-electron chi connectivity index (χ4n) is 2.82. The van der Waals surface area contributed by atoms with Gasteiger partial charge in [-0.1, -0.05) is 27.7 Å². The summed E-state index contributed by atoms with van der Waals surface area (Å²) in [4.78, 5) is 12.3. The molecular formula is C19H27FN4O4S. The van der Waals surface area contributed by atoms with Gasteiger partial charge in [0.05, 0.1) is 19.3 Å². The van der Waals surface area contributed by atoms with Crippen molar-refractivity contribution in [3.05, 3.63) is 41.5 Å². The van der Waals surface area contributed by atoms with Crippen molar-refractivity contribution in [2.45, 2.75) is 51.0 Å². The Morgan fingerprint density at radius 2 is 1.79 bits per heavy atom. The van der Waals surface area contributed by atoms with Gasteiger partial charge >= 0.3 is 6.03 Å². The van der Waals surface area contributed by atoms with E-state index in [0.29, 0.717) is 30.0 Å². The van der Waals surface area contributed by atoms with E-state index in [1.54, 1.807) is 0 Å². The first-order chi connectivity index (χ1) is 13.5. The maximum atomic E-state index is 14.0. The van der Waals surface area contributed by atoms with Crippen LogP contribution in [0.2, 0.25) is 0 Å². The number of aromatic nitrogens is 2. The Labute approximate surface area is 170 Å². The number of rotatable bonds is 8. The summed E-state index contributed by atoms with van der Waals surface area (Å²) in [5.74, 6) is -0.553. The van der Waals surface area contributed by atoms with Gasteiger partial charge in [0, 0.05) is 19.0 Å². The highest BCUT2D eigenvalue weighted by Gasteiger charge is 2.23. The molecule has 0 radical (unpaired) electrons. The molecular weight excluding hydrogens is 399 g/mol. The van der Waals surface area contributed by atoms with Crippen LogP contribution < -0.4 is 10.0 Å². The minimum Gasteiger partial charge on any atom is -0.383 e. The highest BCUT2D eigenvalue weighted by atomic mass is 32.2. The number of nitrogens with zero attached hydrogens (tertiary/aromatic N) is 2. The van der Waals surface area contributed by atoms with Crippen molar-refractivity contribution in [2.24, 2.45) is 0 Å². The van der Waals surface area contributed by atoms with Gasteiger partial charge in [-0.2, -0.15) is 5.10 Å². The number of hydrogen-bond donors (Lipinski definition) is 2. The van der Waals surface area contributed by atoms with Gasteiger partial charge in [-0.05, 0) is 35.1 Å². The zero-order valence-electron chi connectivity index (χ0n) is 17.2. The number of urea groups is 1. The zero-order valence-corrected chi connectivity index (χ0v) is 18.0. The predicted molar refractivity (Wildman–Crippen MR) is 108 cm³/mol. The molecule has 0 spiro atoms. The number of amides is 2. The number of hydrogen-bond acceptors (Lipinski definition) is 5. The highest BCUT2D eigenvalue weighted by molar-refractivity contribution is 7.90. The Morgan fingerprint density at radius 3 is 2.31 bits per heavy atom. The average molecular weight is 427 g/mol. The summed E-state index contributed by atoms with van der Waals surface area (Å²) in [7, 11) is -2.59. The van der Waals surface area contributed by atoms with E-state index in [9.17, 15) is 17.6 Å². The van der Waals surface area contributed by atoms with Gasteiger partial charge in [-0.25, -0.2) is 22.3 Å². The number of anilines is 1. The first-order valence-electron chi connectivity index (χ1n) is 9.23. The summed E-state index contributed by atoms with van der Waals surface area (Å²) in [6.45, 7) is 8.22. The molecule has 2 rings (SSSR count). The van der Waals surface area contributed by atoms with E-state index < -0.39 is 21.9 Å². The molecule has 0 unspecified atom stereocenters. The van der Waals surface area contributed by atoms with E-state index in [1.807, 2.05) is 32.4 Å². The Balaban J connectivity index is 2.25. The first kappa shape index (κ1) is 22.8. The molecule has 0 saturated heterocycles. The molecule has 29 heavy (non-hydrogen) atoms. The van der Waals surface area contributed by atoms with E-state index >= 15 is 0 Å². The molecule has 1 heterocycles. The van der Waals surface area contributed by atoms with Crippen LogP contribution >= 0.6 is 0 Å². The van der Waals surface area contributed by atoms with Crippen LogP contribution in [0.4, 0.5) is 14.9 Å². The molecule has 0 bridgehead atoms. The van der Waals surface area contributed by atoms with Gasteiger partial charge in [0.2, 0.25) is 0 Å². The van der Waals surface area contributed by atoms with Crippen LogP contribution in [0.15, 0.2) is 29.4 Å². The van der Waals surface area contributed by atoms with Gasteiger partial charge in [0.15, 0.2) is 0 Å². The summed E-state index contributed by atoms with van der Waals surface area (Å²) in [5, 5.41) is 6.53. The molecule has 2 amide bonds. The lowest BCUT2D eigenvalue weighted by Gasteiger charge is -2.20. The van der Waals surface area contributed by atoms with Gasteiger partial charge in [-0.15, -0.1) is 0 Å². The monoisotopic (exact) mass is 426 g/mol. The molecule has 0 saturated carbocycles. The lowest BCUT2D eigenvalue weighted by atomic mass is 9.92. The normalized spacial score (nSPS) is 11.9. The third-order valence-electron chi connectivity index (χ3n) is 4.32. The van der Waals surface area contributed by atoms with Crippen molar-refractivity contribution >= 4 is 21.7 Å². The van der Waals surface area contributed by atoms with E-state index in [1.165, 1.54) is 30.1 Å². The number of benzene rings is 1. The predicted octanol–water partition coefficient (Wildman–Crippen LogP) is 3.43. The fraction of sp³-hybridized carbons (Fsp3) is 0.474. The van der Waals surface area contributed by atoms with Crippen molar-refractivity contribution in [3.63, 3.8) is 0 Å². The van der Waals surface area contributed by atoms with Gasteiger partial charge in [0.1, 0.15) is 10.7 Å². The van der Waals surface area contributed by atoms with Crippen molar-refractivity contribution < 1.29 is 22.3 Å². The molecule has 0 atom stereocenters. The fourth-order valence-corrected chi connectivity index (χ4v) is 3.67. The van der Waals surface area contributed by atoms with Crippen LogP contribution in [0.1, 0.15) is 50.7 Å². The quantitative estimate of drug-likeness (QED) is 0.673. The molecule has 0 aliphatic carbocycles. The Bertz CT molecular complexity index is 941. The van der Waals surface area contributed by atoms with Crippen molar-refractivity contribution in [3.8, 4) is 0 Å². The molecule has 160 valence electrons. The second kappa shape index (κ2) is 9.36. The highest BCUT2D eigenvalue weighted by Crippen LogP contribution is 2.33. The minimum absolute atomic E-state index is 0.0749. The standard InChI is InChI=1S/C19H27FN4O4S/c1-12(2)16-8-14(20)9-17(13(3)4)18(16)22-19(25)23-29(26,27)15-10-21-24(11-15)6-7-28-5/h8-13H,6-7H2,1-5H3,(H2,22,23,25). The molecule has 0 aliphatic heterocycles. The summed E-state index contributed by atoms with van der Waals surface area (Å²) in [5.41, 5.74) is 1.60. The molecule has 0 fully saturated rings. The van der Waals surface area contributed by atoms with E-state index in [4.69, 9.17) is 4.74 Å². The van der Waals surface area contributed by atoms with Crippen LogP contribution in [-0.4, -0.2) is 37.9 Å². The van der Waals surface area contributed by atoms with Crippen LogP contribution in [0.5, 0.6) is 0 Å². The van der Waals surface area contributed by atoms with Crippen LogP contribution in [0, 0.1) is 5.82 Å². The zero-order chi connectivity index (χ0) is 21.8. The summed E-state index contributed by atoms with van der Waals surface area (Å²) >= 11 is 0. The molecule has 1 aromatic heterocycles. The Hall–Kier alpha value is -2.46. The Morgan fingerprint density at radius 1 is 1.21 bits per heavy atom. The van der Waals surface area contributed by atoms with Gasteiger partial charge in [0.25, 0.3) is 10.0 Å². The molecule has 2 aromatic rings. The molecule has 10 heteroatoms. The molecule has 1 aromatic carbocycles. The third-order valence-corrected chi connectivity index (χ3v) is 5.60. The minimum atomic E-state index is -4.12. The number of nitrogens with one attached hydrogen (secondary N) is 2. The van der Waals surface area contributed by atoms with Gasteiger partial charge in [-0.3, -0.25) is 4.68 Å². The van der Waals surface area contributed by atoms with E-state index in [0.717, 1.165) is 6.20 Å². The second-order valence-corrected chi connectivity index (χ2v) is 8.94. The number of ether oxygens (including phenoxy) is 1. The van der Waals surface area contributed by atoms with E-state index in [-0.39, 0.29) is 16.7 Å². The average Bonchev–Trinajstić information content (AvgIpc) is 3.10. The molecule has 8 nitrogen and oxygen atoms in total. The SMILES string of the molecule is COCCn1cc(S(=O)(=O)NC(=O)Nc2c(C(C)C)cc(F)cc2C(C)C)cn1. The number of halogens is 1. The smallest absolute Gasteiger partial charge is 0.333 e. The molecule has 2 N–H and O–H groups in total. The Kier molecular flexibility index (Phi) is 7.37. The number of carbonyl (C=O) groups is 1. The van der Waals surface area contributed by atoms with Crippen LogP contribution in [0.25, 0.3) is 0 Å². The summed E-state index contributed by atoms with van der Waals surface area (Å²) in [6.07, 6.45) is 2.47. The van der Waals surface area contributed by atoms with Gasteiger partial charge < -0.3 is 10.1 Å². The maximum absolute atomic E-state index is 14.0. The van der Waals surface area contributed by atoms with Crippen LogP contribution in [-0.2, 0) is 21.3 Å². The van der Waals surface area contributed by atoms with E-state index in [2.05, 4.69) is 10.4 Å². The lowest BCUT2D eigenvalue weighted by Crippen LogP contribution is -2.35. The third kappa shape index (κ3) is 5.77. The second-order valence-electron chi connectivity index (χ2n) is 7.26. The van der Waals surface area contributed by atoms with Crippen molar-refractivity contribution in [1.29, 1.82) is 0 Å². The number of sulfonamides is 1.